The number of hydrogen-bond donors (Lipinski definition) is 1. The predicted molar refractivity (Wildman–Crippen MR) is 165 cm³/mol. The van der Waals surface area contributed by atoms with E-state index in [1.165, 1.54) is 29.2 Å². The lowest BCUT2D eigenvalue weighted by Gasteiger charge is -2.33. The number of hydrogen-bond acceptors (Lipinski definition) is 5. The summed E-state index contributed by atoms with van der Waals surface area (Å²) >= 11 is 6.03. The van der Waals surface area contributed by atoms with Crippen LogP contribution in [0.15, 0.2) is 77.7 Å². The second-order valence-corrected chi connectivity index (χ2v) is 12.8. The zero-order chi connectivity index (χ0) is 30.3. The minimum atomic E-state index is -4.18. The van der Waals surface area contributed by atoms with Crippen molar-refractivity contribution in [2.24, 2.45) is 0 Å². The van der Waals surface area contributed by atoms with Crippen LogP contribution >= 0.6 is 11.6 Å². The van der Waals surface area contributed by atoms with Crippen LogP contribution in [0.1, 0.15) is 50.7 Å². The van der Waals surface area contributed by atoms with Gasteiger partial charge in [0, 0.05) is 17.6 Å². The molecule has 8 nitrogen and oxygen atoms in total. The van der Waals surface area contributed by atoms with Crippen LogP contribution in [-0.2, 0) is 26.2 Å². The largest absolute Gasteiger partial charge is 0.494 e. The number of anilines is 1. The smallest absolute Gasteiger partial charge is 0.264 e. The Bertz CT molecular complexity index is 1470. The highest BCUT2D eigenvalue weighted by Crippen LogP contribution is 2.28. The molecule has 1 aliphatic carbocycles. The van der Waals surface area contributed by atoms with Crippen LogP contribution in [0.2, 0.25) is 5.02 Å². The van der Waals surface area contributed by atoms with Crippen molar-refractivity contribution >= 4 is 39.1 Å². The predicted octanol–water partition coefficient (Wildman–Crippen LogP) is 5.72. The second-order valence-electron chi connectivity index (χ2n) is 10.5. The number of carbonyl (C=O) groups is 2. The standard InChI is InChI=1S/C32H38ClN3O5S/c1-4-41-29-17-15-28(16-18-29)36(42(39,40)30-19-13-26(33)14-20-30)22-31(37)35(21-25-10-6-5-9-23(25)2)24(3)32(38)34-27-11-7-8-12-27/h5-6,9-10,13-20,24,27H,4,7-8,11-12,21-22H2,1-3H3,(H,34,38)/t24-/m0/s1. The lowest BCUT2D eigenvalue weighted by molar-refractivity contribution is -0.139. The summed E-state index contributed by atoms with van der Waals surface area (Å²) in [5, 5.41) is 3.48. The van der Waals surface area contributed by atoms with Crippen molar-refractivity contribution < 1.29 is 22.7 Å². The van der Waals surface area contributed by atoms with Crippen LogP contribution < -0.4 is 14.4 Å². The molecular weight excluding hydrogens is 574 g/mol. The fraction of sp³-hybridized carbons (Fsp3) is 0.375. The average molecular weight is 612 g/mol. The first-order chi connectivity index (χ1) is 20.1. The van der Waals surface area contributed by atoms with E-state index in [9.17, 15) is 18.0 Å². The fourth-order valence-corrected chi connectivity index (χ4v) is 6.62. The fourth-order valence-electron chi connectivity index (χ4n) is 5.08. The van der Waals surface area contributed by atoms with Gasteiger partial charge in [0.2, 0.25) is 11.8 Å². The molecule has 0 unspecified atom stereocenters. The van der Waals surface area contributed by atoms with Crippen LogP contribution in [0.3, 0.4) is 0 Å². The zero-order valence-electron chi connectivity index (χ0n) is 24.3. The van der Waals surface area contributed by atoms with E-state index in [1.807, 2.05) is 38.1 Å². The molecule has 1 saturated carbocycles. The van der Waals surface area contributed by atoms with Crippen molar-refractivity contribution in [2.75, 3.05) is 17.5 Å². The summed E-state index contributed by atoms with van der Waals surface area (Å²) in [6.45, 7) is 5.60. The molecule has 0 spiro atoms. The van der Waals surface area contributed by atoms with Gasteiger partial charge in [0.15, 0.2) is 0 Å². The van der Waals surface area contributed by atoms with Gasteiger partial charge >= 0.3 is 0 Å². The van der Waals surface area contributed by atoms with Gasteiger partial charge in [-0.15, -0.1) is 0 Å². The van der Waals surface area contributed by atoms with Gasteiger partial charge in [-0.25, -0.2) is 8.42 Å². The molecule has 0 heterocycles. The molecule has 10 heteroatoms. The first-order valence-corrected chi connectivity index (χ1v) is 16.1. The molecule has 42 heavy (non-hydrogen) atoms. The Morgan fingerprint density at radius 2 is 1.64 bits per heavy atom. The van der Waals surface area contributed by atoms with E-state index in [-0.39, 0.29) is 23.4 Å². The summed E-state index contributed by atoms with van der Waals surface area (Å²) in [4.78, 5) is 28.9. The van der Waals surface area contributed by atoms with E-state index in [1.54, 1.807) is 31.2 Å². The Labute approximate surface area is 253 Å². The van der Waals surface area contributed by atoms with Crippen LogP contribution in [0, 0.1) is 6.92 Å². The van der Waals surface area contributed by atoms with Gasteiger partial charge in [0.25, 0.3) is 10.0 Å². The highest BCUT2D eigenvalue weighted by Gasteiger charge is 2.33. The van der Waals surface area contributed by atoms with E-state index >= 15 is 0 Å². The van der Waals surface area contributed by atoms with Crippen LogP contribution in [0.25, 0.3) is 0 Å². The van der Waals surface area contributed by atoms with E-state index < -0.39 is 28.5 Å². The number of halogens is 1. The second kappa shape index (κ2) is 14.1. The molecule has 4 rings (SSSR count). The van der Waals surface area contributed by atoms with Gasteiger partial charge in [-0.3, -0.25) is 13.9 Å². The quantitative estimate of drug-likeness (QED) is 0.283. The normalized spacial score (nSPS) is 14.3. The summed E-state index contributed by atoms with van der Waals surface area (Å²) in [6.07, 6.45) is 3.94. The lowest BCUT2D eigenvalue weighted by atomic mass is 10.1. The van der Waals surface area contributed by atoms with Crippen molar-refractivity contribution in [3.05, 3.63) is 88.9 Å². The van der Waals surface area contributed by atoms with Crippen LogP contribution in [0.5, 0.6) is 5.75 Å². The highest BCUT2D eigenvalue weighted by molar-refractivity contribution is 7.92. The SMILES string of the molecule is CCOc1ccc(N(CC(=O)N(Cc2ccccc2C)[C@@H](C)C(=O)NC2CCCC2)S(=O)(=O)c2ccc(Cl)cc2)cc1. The Hall–Kier alpha value is -3.56. The topological polar surface area (TPSA) is 96.0 Å². The van der Waals surface area contributed by atoms with Crippen LogP contribution in [0.4, 0.5) is 5.69 Å². The van der Waals surface area contributed by atoms with Gasteiger partial charge in [0.1, 0.15) is 18.3 Å². The molecule has 0 aromatic heterocycles. The van der Waals surface area contributed by atoms with Gasteiger partial charge in [-0.05, 0) is 93.3 Å². The molecule has 0 aliphatic heterocycles. The minimum Gasteiger partial charge on any atom is -0.494 e. The maximum absolute atomic E-state index is 14.1. The Kier molecular flexibility index (Phi) is 10.5. The molecule has 0 saturated heterocycles. The molecule has 1 N–H and O–H groups in total. The number of carbonyl (C=O) groups excluding carboxylic acids is 2. The van der Waals surface area contributed by atoms with Crippen molar-refractivity contribution in [1.82, 2.24) is 10.2 Å². The summed E-state index contributed by atoms with van der Waals surface area (Å²) in [7, 11) is -4.18. The van der Waals surface area contributed by atoms with Crippen molar-refractivity contribution in [2.45, 2.75) is 70.0 Å². The van der Waals surface area contributed by atoms with E-state index in [0.29, 0.717) is 23.1 Å². The lowest BCUT2D eigenvalue weighted by Crippen LogP contribution is -2.52. The minimum absolute atomic E-state index is 0.00827. The molecule has 2 amide bonds. The summed E-state index contributed by atoms with van der Waals surface area (Å²) < 4.78 is 34.5. The van der Waals surface area contributed by atoms with Crippen molar-refractivity contribution in [3.63, 3.8) is 0 Å². The number of rotatable bonds is 12. The molecule has 0 bridgehead atoms. The molecule has 3 aromatic rings. The Morgan fingerprint density at radius 1 is 1.00 bits per heavy atom. The molecule has 1 fully saturated rings. The third-order valence-corrected chi connectivity index (χ3v) is 9.63. The van der Waals surface area contributed by atoms with E-state index in [0.717, 1.165) is 41.1 Å². The number of sulfonamides is 1. The maximum Gasteiger partial charge on any atom is 0.264 e. The number of amides is 2. The summed E-state index contributed by atoms with van der Waals surface area (Å²) in [5.74, 6) is -0.175. The first-order valence-electron chi connectivity index (χ1n) is 14.3. The van der Waals surface area contributed by atoms with Gasteiger partial charge in [0.05, 0.1) is 17.2 Å². The van der Waals surface area contributed by atoms with Crippen molar-refractivity contribution in [1.29, 1.82) is 0 Å². The molecule has 3 aromatic carbocycles. The van der Waals surface area contributed by atoms with E-state index in [4.69, 9.17) is 16.3 Å². The molecular formula is C32H38ClN3O5S. The number of ether oxygens (including phenoxy) is 1. The monoisotopic (exact) mass is 611 g/mol. The van der Waals surface area contributed by atoms with E-state index in [2.05, 4.69) is 5.32 Å². The third kappa shape index (κ3) is 7.63. The van der Waals surface area contributed by atoms with Crippen LogP contribution in [-0.4, -0.2) is 50.4 Å². The summed E-state index contributed by atoms with van der Waals surface area (Å²) in [5.41, 5.74) is 2.14. The molecule has 1 atom stereocenters. The molecule has 224 valence electrons. The number of nitrogens with zero attached hydrogens (tertiary/aromatic N) is 2. The van der Waals surface area contributed by atoms with Gasteiger partial charge in [-0.2, -0.15) is 0 Å². The van der Waals surface area contributed by atoms with Gasteiger partial charge in [-0.1, -0.05) is 48.7 Å². The van der Waals surface area contributed by atoms with Crippen molar-refractivity contribution in [3.8, 4) is 5.75 Å². The zero-order valence-corrected chi connectivity index (χ0v) is 25.8. The number of aryl methyl sites for hydroxylation is 1. The average Bonchev–Trinajstić information content (AvgIpc) is 3.49. The summed E-state index contributed by atoms with van der Waals surface area (Å²) in [6, 6.07) is 19.2. The first kappa shape index (κ1) is 31.4. The molecule has 0 radical (unpaired) electrons. The number of nitrogens with one attached hydrogen (secondary N) is 1. The van der Waals surface area contributed by atoms with Gasteiger partial charge < -0.3 is 15.0 Å². The molecule has 1 aliphatic rings. The Morgan fingerprint density at radius 3 is 2.26 bits per heavy atom. The Balaban J connectivity index is 1.69. The third-order valence-electron chi connectivity index (χ3n) is 7.59. The number of benzene rings is 3. The highest BCUT2D eigenvalue weighted by atomic mass is 35.5. The maximum atomic E-state index is 14.1.